The SMILES string of the molecule is CCC1(CC)CN(C(=O)C(N)CCS(C)(=O)=O)c2ccccc21.Cl. The topological polar surface area (TPSA) is 80.5 Å². The van der Waals surface area contributed by atoms with Gasteiger partial charge in [-0.05, 0) is 30.9 Å². The predicted octanol–water partition coefficient (Wildman–Crippen LogP) is 2.27. The molecule has 1 heterocycles. The number of carbonyl (C=O) groups excluding carboxylic acids is 1. The van der Waals surface area contributed by atoms with Gasteiger partial charge in [-0.1, -0.05) is 32.0 Å². The lowest BCUT2D eigenvalue weighted by molar-refractivity contribution is -0.119. The number of amides is 1. The van der Waals surface area contributed by atoms with E-state index in [1.54, 1.807) is 4.90 Å². The fourth-order valence-corrected chi connectivity index (χ4v) is 4.03. The van der Waals surface area contributed by atoms with Gasteiger partial charge in [-0.15, -0.1) is 12.4 Å². The minimum atomic E-state index is -3.12. The van der Waals surface area contributed by atoms with Gasteiger partial charge >= 0.3 is 0 Å². The number of rotatable bonds is 6. The van der Waals surface area contributed by atoms with Gasteiger partial charge in [0.15, 0.2) is 0 Å². The molecular formula is C17H27ClN2O3S. The predicted molar refractivity (Wildman–Crippen MR) is 101 cm³/mol. The van der Waals surface area contributed by atoms with E-state index in [4.69, 9.17) is 5.73 Å². The standard InChI is InChI=1S/C17H26N2O3S.ClH/c1-4-17(5-2)12-19(15-9-7-6-8-13(15)17)16(20)14(18)10-11-23(3,21)22;/h6-9,14H,4-5,10-12,18H2,1-3H3;1H. The normalized spacial score (nSPS) is 17.1. The van der Waals surface area contributed by atoms with Crippen molar-refractivity contribution < 1.29 is 13.2 Å². The second kappa shape index (κ2) is 7.85. The van der Waals surface area contributed by atoms with Crippen LogP contribution in [0.3, 0.4) is 0 Å². The van der Waals surface area contributed by atoms with Gasteiger partial charge in [0, 0.05) is 23.9 Å². The molecule has 0 spiro atoms. The number of halogens is 1. The number of nitrogens with two attached hydrogens (primary N) is 1. The first-order chi connectivity index (χ1) is 10.7. The summed E-state index contributed by atoms with van der Waals surface area (Å²) >= 11 is 0. The lowest BCUT2D eigenvalue weighted by Crippen LogP contribution is -2.46. The smallest absolute Gasteiger partial charge is 0.243 e. The van der Waals surface area contributed by atoms with Crippen LogP contribution < -0.4 is 10.6 Å². The van der Waals surface area contributed by atoms with Crippen LogP contribution in [-0.2, 0) is 20.0 Å². The van der Waals surface area contributed by atoms with Crippen LogP contribution in [0.1, 0.15) is 38.7 Å². The molecule has 1 unspecified atom stereocenters. The maximum Gasteiger partial charge on any atom is 0.243 e. The number of carbonyl (C=O) groups is 1. The first kappa shape index (κ1) is 20.9. The summed E-state index contributed by atoms with van der Waals surface area (Å²) in [7, 11) is -3.12. The Hall–Kier alpha value is -1.11. The van der Waals surface area contributed by atoms with Crippen LogP contribution in [0.2, 0.25) is 0 Å². The summed E-state index contributed by atoms with van der Waals surface area (Å²) in [4.78, 5) is 14.5. The molecule has 0 bridgehead atoms. The van der Waals surface area contributed by atoms with E-state index in [-0.39, 0.29) is 35.9 Å². The Labute approximate surface area is 150 Å². The van der Waals surface area contributed by atoms with Gasteiger partial charge in [0.2, 0.25) is 5.91 Å². The molecule has 0 saturated carbocycles. The third-order valence-corrected chi connectivity index (χ3v) is 5.94. The quantitative estimate of drug-likeness (QED) is 0.828. The van der Waals surface area contributed by atoms with Gasteiger partial charge in [0.05, 0.1) is 11.8 Å². The van der Waals surface area contributed by atoms with E-state index in [1.165, 1.54) is 5.56 Å². The summed E-state index contributed by atoms with van der Waals surface area (Å²) < 4.78 is 22.6. The van der Waals surface area contributed by atoms with Crippen molar-refractivity contribution in [1.29, 1.82) is 0 Å². The average Bonchev–Trinajstić information content (AvgIpc) is 2.86. The molecule has 1 aromatic rings. The van der Waals surface area contributed by atoms with E-state index in [1.807, 2.05) is 18.2 Å². The number of hydrogen-bond acceptors (Lipinski definition) is 4. The minimum Gasteiger partial charge on any atom is -0.320 e. The number of para-hydroxylation sites is 1. The fourth-order valence-electron chi connectivity index (χ4n) is 3.35. The molecule has 5 nitrogen and oxygen atoms in total. The van der Waals surface area contributed by atoms with Crippen LogP contribution in [0, 0.1) is 0 Å². The highest BCUT2D eigenvalue weighted by Gasteiger charge is 2.42. The second-order valence-corrected chi connectivity index (χ2v) is 8.71. The maximum atomic E-state index is 12.8. The molecule has 1 atom stereocenters. The Morgan fingerprint density at radius 1 is 1.29 bits per heavy atom. The number of hydrogen-bond donors (Lipinski definition) is 1. The van der Waals surface area contributed by atoms with Crippen molar-refractivity contribution in [3.05, 3.63) is 29.8 Å². The van der Waals surface area contributed by atoms with Crippen molar-refractivity contribution in [2.75, 3.05) is 23.5 Å². The molecule has 2 N–H and O–H groups in total. The number of nitrogens with zero attached hydrogens (tertiary/aromatic N) is 1. The van der Waals surface area contributed by atoms with Crippen molar-refractivity contribution in [2.24, 2.45) is 5.73 Å². The Kier molecular flexibility index (Phi) is 6.84. The number of fused-ring (bicyclic) bond motifs is 1. The maximum absolute atomic E-state index is 12.8. The Bertz CT molecular complexity index is 687. The molecule has 1 amide bonds. The van der Waals surface area contributed by atoms with Crippen molar-refractivity contribution in [1.82, 2.24) is 0 Å². The molecule has 1 aliphatic heterocycles. The van der Waals surface area contributed by atoms with Crippen molar-refractivity contribution in [3.63, 3.8) is 0 Å². The van der Waals surface area contributed by atoms with Gasteiger partial charge < -0.3 is 10.6 Å². The van der Waals surface area contributed by atoms with Crippen molar-refractivity contribution in [2.45, 2.75) is 44.6 Å². The summed E-state index contributed by atoms with van der Waals surface area (Å²) in [5.74, 6) is -0.257. The van der Waals surface area contributed by atoms with E-state index >= 15 is 0 Å². The zero-order valence-corrected chi connectivity index (χ0v) is 16.1. The molecule has 1 aromatic carbocycles. The molecule has 1 aliphatic rings. The highest BCUT2D eigenvalue weighted by Crippen LogP contribution is 2.45. The first-order valence-corrected chi connectivity index (χ1v) is 10.1. The molecule has 0 fully saturated rings. The van der Waals surface area contributed by atoms with Crippen LogP contribution >= 0.6 is 12.4 Å². The van der Waals surface area contributed by atoms with Crippen LogP contribution in [0.25, 0.3) is 0 Å². The van der Waals surface area contributed by atoms with Crippen LogP contribution in [0.15, 0.2) is 24.3 Å². The Balaban J connectivity index is 0.00000288. The van der Waals surface area contributed by atoms with E-state index in [0.717, 1.165) is 24.8 Å². The summed E-state index contributed by atoms with van der Waals surface area (Å²) in [5.41, 5.74) is 8.04. The van der Waals surface area contributed by atoms with Gasteiger partial charge in [0.1, 0.15) is 9.84 Å². The van der Waals surface area contributed by atoms with Crippen LogP contribution in [-0.4, -0.2) is 38.9 Å². The number of sulfone groups is 1. The van der Waals surface area contributed by atoms with E-state index in [2.05, 4.69) is 19.9 Å². The highest BCUT2D eigenvalue weighted by molar-refractivity contribution is 7.90. The first-order valence-electron chi connectivity index (χ1n) is 8.08. The number of benzene rings is 1. The molecule has 0 aromatic heterocycles. The monoisotopic (exact) mass is 374 g/mol. The van der Waals surface area contributed by atoms with Gasteiger partial charge in [0.25, 0.3) is 0 Å². The zero-order chi connectivity index (χ0) is 17.3. The average molecular weight is 375 g/mol. The van der Waals surface area contributed by atoms with Gasteiger partial charge in [-0.3, -0.25) is 4.79 Å². The molecule has 7 heteroatoms. The summed E-state index contributed by atoms with van der Waals surface area (Å²) in [5, 5.41) is 0. The van der Waals surface area contributed by atoms with Crippen LogP contribution in [0.5, 0.6) is 0 Å². The second-order valence-electron chi connectivity index (χ2n) is 6.45. The molecule has 24 heavy (non-hydrogen) atoms. The van der Waals surface area contributed by atoms with E-state index in [0.29, 0.717) is 6.54 Å². The largest absolute Gasteiger partial charge is 0.320 e. The van der Waals surface area contributed by atoms with Gasteiger partial charge in [-0.25, -0.2) is 8.42 Å². The van der Waals surface area contributed by atoms with Crippen molar-refractivity contribution in [3.8, 4) is 0 Å². The summed E-state index contributed by atoms with van der Waals surface area (Å²) in [6.45, 7) is 4.89. The van der Waals surface area contributed by atoms with E-state index < -0.39 is 15.9 Å². The molecule has 0 aliphatic carbocycles. The summed E-state index contributed by atoms with van der Waals surface area (Å²) in [6.07, 6.45) is 3.21. The fraction of sp³-hybridized carbons (Fsp3) is 0.588. The minimum absolute atomic E-state index is 0. The Morgan fingerprint density at radius 2 is 1.88 bits per heavy atom. The van der Waals surface area contributed by atoms with Crippen LogP contribution in [0.4, 0.5) is 5.69 Å². The van der Waals surface area contributed by atoms with Crippen molar-refractivity contribution >= 4 is 33.8 Å². The molecule has 2 rings (SSSR count). The lowest BCUT2D eigenvalue weighted by Gasteiger charge is -2.28. The molecule has 0 saturated heterocycles. The summed E-state index contributed by atoms with van der Waals surface area (Å²) in [6, 6.07) is 7.16. The third-order valence-electron chi connectivity index (χ3n) is 4.96. The van der Waals surface area contributed by atoms with E-state index in [9.17, 15) is 13.2 Å². The third kappa shape index (κ3) is 4.10. The lowest BCUT2D eigenvalue weighted by atomic mass is 9.78. The molecule has 0 radical (unpaired) electrons. The number of anilines is 1. The molecular weight excluding hydrogens is 348 g/mol. The Morgan fingerprint density at radius 3 is 2.42 bits per heavy atom. The molecule has 136 valence electrons. The highest BCUT2D eigenvalue weighted by atomic mass is 35.5. The van der Waals surface area contributed by atoms with Gasteiger partial charge in [-0.2, -0.15) is 0 Å². The zero-order valence-electron chi connectivity index (χ0n) is 14.5.